The average molecular weight is 415 g/mol. The highest BCUT2D eigenvalue weighted by Crippen LogP contribution is 2.09. The normalized spacial score (nSPS) is 10.5. The molecule has 0 atom stereocenters. The summed E-state index contributed by atoms with van der Waals surface area (Å²) in [4.78, 5) is 5.72. The van der Waals surface area contributed by atoms with Crippen LogP contribution in [0.2, 0.25) is 0 Å². The lowest BCUT2D eigenvalue weighted by atomic mass is 10.3. The van der Waals surface area contributed by atoms with E-state index >= 15 is 0 Å². The number of hydrogen-bond acceptors (Lipinski definition) is 3. The van der Waals surface area contributed by atoms with E-state index in [4.69, 9.17) is 10.8 Å². The molecule has 0 saturated heterocycles. The molecule has 112 valence electrons. The van der Waals surface area contributed by atoms with Crippen LogP contribution < -0.4 is 10.6 Å². The van der Waals surface area contributed by atoms with E-state index in [9.17, 15) is 0 Å². The van der Waals surface area contributed by atoms with E-state index in [1.807, 2.05) is 23.6 Å². The molecule has 0 fully saturated rings. The second kappa shape index (κ2) is 10.3. The van der Waals surface area contributed by atoms with Crippen LogP contribution in [-0.4, -0.2) is 19.0 Å². The van der Waals surface area contributed by atoms with Crippen LogP contribution in [-0.2, 0) is 13.0 Å². The molecular weight excluding hydrogens is 397 g/mol. The summed E-state index contributed by atoms with van der Waals surface area (Å²) in [7, 11) is 0. The number of hydrogen-bond donors (Lipinski definition) is 2. The van der Waals surface area contributed by atoms with Gasteiger partial charge < -0.3 is 15.1 Å². The van der Waals surface area contributed by atoms with Gasteiger partial charge in [0, 0.05) is 17.8 Å². The lowest BCUT2D eigenvalue weighted by molar-refractivity contribution is 0.507. The highest BCUT2D eigenvalue weighted by Gasteiger charge is 2.00. The van der Waals surface area contributed by atoms with Crippen molar-refractivity contribution in [2.45, 2.75) is 13.0 Å². The maximum Gasteiger partial charge on any atom is 0.192 e. The molecule has 2 rings (SSSR count). The molecule has 0 spiro atoms. The molecule has 0 saturated carbocycles. The highest BCUT2D eigenvalue weighted by atomic mass is 127. The van der Waals surface area contributed by atoms with E-state index in [2.05, 4.69) is 27.6 Å². The quantitative estimate of drug-likeness (QED) is 0.330. The first-order valence-corrected chi connectivity index (χ1v) is 7.27. The van der Waals surface area contributed by atoms with Gasteiger partial charge in [-0.1, -0.05) is 12.0 Å². The van der Waals surface area contributed by atoms with Gasteiger partial charge in [-0.2, -0.15) is 0 Å². The first kappa shape index (κ1) is 17.6. The molecule has 4 nitrogen and oxygen atoms in total. The van der Waals surface area contributed by atoms with E-state index in [0.29, 0.717) is 13.1 Å². The average Bonchev–Trinajstić information content (AvgIpc) is 3.14. The molecule has 0 aliphatic heterocycles. The summed E-state index contributed by atoms with van der Waals surface area (Å²) in [6.07, 6.45) is 7.75. The van der Waals surface area contributed by atoms with E-state index in [1.165, 1.54) is 4.88 Å². The largest absolute Gasteiger partial charge is 0.469 e. The maximum absolute atomic E-state index is 5.28. The Bertz CT molecular complexity index is 558. The van der Waals surface area contributed by atoms with Gasteiger partial charge in [-0.25, -0.2) is 4.99 Å². The highest BCUT2D eigenvalue weighted by molar-refractivity contribution is 14.0. The molecule has 2 aromatic rings. The van der Waals surface area contributed by atoms with Crippen molar-refractivity contribution in [1.82, 2.24) is 10.6 Å². The van der Waals surface area contributed by atoms with E-state index < -0.39 is 0 Å². The van der Waals surface area contributed by atoms with E-state index in [1.54, 1.807) is 17.6 Å². The third-order valence-corrected chi connectivity index (χ3v) is 3.44. The maximum atomic E-state index is 5.28. The Labute approximate surface area is 146 Å². The van der Waals surface area contributed by atoms with Crippen molar-refractivity contribution in [3.05, 3.63) is 46.5 Å². The van der Waals surface area contributed by atoms with Crippen LogP contribution in [0.25, 0.3) is 0 Å². The van der Waals surface area contributed by atoms with Crippen molar-refractivity contribution in [2.24, 2.45) is 4.99 Å². The van der Waals surface area contributed by atoms with Crippen LogP contribution >= 0.6 is 35.3 Å². The molecule has 0 aliphatic rings. The van der Waals surface area contributed by atoms with Crippen molar-refractivity contribution in [1.29, 1.82) is 0 Å². The summed E-state index contributed by atoms with van der Waals surface area (Å²) >= 11 is 1.69. The fourth-order valence-corrected chi connectivity index (χ4v) is 2.26. The van der Waals surface area contributed by atoms with Gasteiger partial charge in [0.05, 0.1) is 19.4 Å². The minimum Gasteiger partial charge on any atom is -0.469 e. The molecule has 6 heteroatoms. The number of nitrogens with zero attached hydrogens (tertiary/aromatic N) is 1. The van der Waals surface area contributed by atoms with Crippen LogP contribution in [0.3, 0.4) is 0 Å². The summed E-state index contributed by atoms with van der Waals surface area (Å²) < 4.78 is 5.28. The molecule has 0 unspecified atom stereocenters. The molecular formula is C15H18IN3OS. The smallest absolute Gasteiger partial charge is 0.192 e. The lowest BCUT2D eigenvalue weighted by Crippen LogP contribution is -2.38. The van der Waals surface area contributed by atoms with Crippen molar-refractivity contribution in [2.75, 3.05) is 13.1 Å². The van der Waals surface area contributed by atoms with Gasteiger partial charge in [-0.05, 0) is 23.6 Å². The summed E-state index contributed by atoms with van der Waals surface area (Å²) in [5.74, 6) is 4.22. The van der Waals surface area contributed by atoms with E-state index in [-0.39, 0.29) is 24.0 Å². The molecule has 2 heterocycles. The second-order valence-corrected chi connectivity index (χ2v) is 5.09. The number of terminal acetylenes is 1. The van der Waals surface area contributed by atoms with Gasteiger partial charge >= 0.3 is 0 Å². The zero-order chi connectivity index (χ0) is 14.0. The van der Waals surface area contributed by atoms with Gasteiger partial charge in [0.2, 0.25) is 0 Å². The number of halogens is 1. The van der Waals surface area contributed by atoms with Crippen LogP contribution in [0.4, 0.5) is 0 Å². The SMILES string of the molecule is C#CCNC(=NCc1cccs1)NCCc1ccco1.I. The van der Waals surface area contributed by atoms with Gasteiger partial charge in [0.25, 0.3) is 0 Å². The summed E-state index contributed by atoms with van der Waals surface area (Å²) in [6, 6.07) is 7.93. The fraction of sp³-hybridized carbons (Fsp3) is 0.267. The van der Waals surface area contributed by atoms with Gasteiger partial charge in [-0.15, -0.1) is 41.7 Å². The first-order chi connectivity index (χ1) is 9.88. The Morgan fingerprint density at radius 2 is 2.24 bits per heavy atom. The van der Waals surface area contributed by atoms with Gasteiger partial charge in [0.15, 0.2) is 5.96 Å². The Morgan fingerprint density at radius 1 is 1.33 bits per heavy atom. The summed E-state index contributed by atoms with van der Waals surface area (Å²) in [5.41, 5.74) is 0. The number of nitrogens with one attached hydrogen (secondary N) is 2. The molecule has 2 aromatic heterocycles. The Morgan fingerprint density at radius 3 is 2.90 bits per heavy atom. The lowest BCUT2D eigenvalue weighted by Gasteiger charge is -2.09. The molecule has 0 bridgehead atoms. The zero-order valence-electron chi connectivity index (χ0n) is 11.5. The minimum absolute atomic E-state index is 0. The molecule has 0 aliphatic carbocycles. The van der Waals surface area contributed by atoms with Crippen molar-refractivity contribution < 1.29 is 4.42 Å². The second-order valence-electron chi connectivity index (χ2n) is 4.06. The van der Waals surface area contributed by atoms with Gasteiger partial charge in [0.1, 0.15) is 5.76 Å². The molecule has 0 amide bonds. The third kappa shape index (κ3) is 6.69. The Hall–Kier alpha value is -1.46. The number of thiophene rings is 1. The summed E-state index contributed by atoms with van der Waals surface area (Å²) in [6.45, 7) is 1.85. The van der Waals surface area contributed by atoms with Crippen molar-refractivity contribution in [3.8, 4) is 12.3 Å². The number of aliphatic imine (C=N–C) groups is 1. The first-order valence-electron chi connectivity index (χ1n) is 6.39. The number of furan rings is 1. The standard InChI is InChI=1S/C15H17N3OS.HI/c1-2-8-16-15(18-12-14-6-4-11-20-14)17-9-7-13-5-3-10-19-13;/h1,3-6,10-11H,7-9,12H2,(H2,16,17,18);1H. The third-order valence-electron chi connectivity index (χ3n) is 2.57. The van der Waals surface area contributed by atoms with Crippen LogP contribution in [0.15, 0.2) is 45.3 Å². The predicted octanol–water partition coefficient (Wildman–Crippen LogP) is 2.87. The topological polar surface area (TPSA) is 49.6 Å². The fourth-order valence-electron chi connectivity index (χ4n) is 1.63. The Kier molecular flexibility index (Phi) is 8.62. The van der Waals surface area contributed by atoms with Crippen molar-refractivity contribution in [3.63, 3.8) is 0 Å². The molecule has 0 aromatic carbocycles. The number of guanidine groups is 1. The molecule has 2 N–H and O–H groups in total. The zero-order valence-corrected chi connectivity index (χ0v) is 14.7. The van der Waals surface area contributed by atoms with Crippen LogP contribution in [0.5, 0.6) is 0 Å². The minimum atomic E-state index is 0. The molecule has 21 heavy (non-hydrogen) atoms. The summed E-state index contributed by atoms with van der Waals surface area (Å²) in [5, 5.41) is 8.38. The predicted molar refractivity (Wildman–Crippen MR) is 98.1 cm³/mol. The molecule has 0 radical (unpaired) electrons. The van der Waals surface area contributed by atoms with Crippen molar-refractivity contribution >= 4 is 41.3 Å². The van der Waals surface area contributed by atoms with Crippen LogP contribution in [0, 0.1) is 12.3 Å². The Balaban J connectivity index is 0.00000220. The monoisotopic (exact) mass is 415 g/mol. The number of rotatable bonds is 6. The van der Waals surface area contributed by atoms with E-state index in [0.717, 1.165) is 24.7 Å². The van der Waals surface area contributed by atoms with Gasteiger partial charge in [-0.3, -0.25) is 0 Å². The van der Waals surface area contributed by atoms with Crippen LogP contribution in [0.1, 0.15) is 10.6 Å².